The molecule has 2 aliphatic rings. The topological polar surface area (TPSA) is 12.4 Å². The van der Waals surface area contributed by atoms with Crippen LogP contribution in [0, 0.1) is 0 Å². The van der Waals surface area contributed by atoms with Gasteiger partial charge in [0.25, 0.3) is 0 Å². The third-order valence-electron chi connectivity index (χ3n) is 1.81. The van der Waals surface area contributed by atoms with Crippen LogP contribution in [0.1, 0.15) is 19.3 Å². The average molecular weight is 119 g/mol. The molecule has 0 bridgehead atoms. The quantitative estimate of drug-likeness (QED) is 0.463. The van der Waals surface area contributed by atoms with E-state index < -0.39 is 0 Å². The fourth-order valence-electron chi connectivity index (χ4n) is 1.30. The molecular formula is C8H9N. The lowest BCUT2D eigenvalue weighted by molar-refractivity contribution is 0.802. The number of fused-ring (bicyclic) bond motifs is 1. The predicted octanol–water partition coefficient (Wildman–Crippen LogP) is 2.06. The van der Waals surface area contributed by atoms with Gasteiger partial charge in [0.1, 0.15) is 0 Å². The third kappa shape index (κ3) is 0.727. The molecule has 2 rings (SSSR count). The molecule has 0 saturated heterocycles. The van der Waals surface area contributed by atoms with Gasteiger partial charge in [0, 0.05) is 6.21 Å². The summed E-state index contributed by atoms with van der Waals surface area (Å²) in [6.45, 7) is 0. The smallest absolute Gasteiger partial charge is 0.0622 e. The molecule has 1 heteroatoms. The molecule has 0 N–H and O–H groups in total. The molecular weight excluding hydrogens is 110 g/mol. The second-order valence-corrected chi connectivity index (χ2v) is 2.45. The molecule has 0 atom stereocenters. The molecule has 0 unspecified atom stereocenters. The van der Waals surface area contributed by atoms with Crippen molar-refractivity contribution in [2.24, 2.45) is 4.99 Å². The molecule has 0 amide bonds. The Morgan fingerprint density at radius 1 is 1.44 bits per heavy atom. The van der Waals surface area contributed by atoms with E-state index in [2.05, 4.69) is 17.1 Å². The van der Waals surface area contributed by atoms with Crippen LogP contribution in [0.2, 0.25) is 0 Å². The lowest BCUT2D eigenvalue weighted by Gasteiger charge is -2.07. The number of nitrogens with zero attached hydrogens (tertiary/aromatic N) is 1. The van der Waals surface area contributed by atoms with Crippen molar-refractivity contribution in [3.8, 4) is 0 Å². The van der Waals surface area contributed by atoms with Crippen LogP contribution < -0.4 is 0 Å². The minimum absolute atomic E-state index is 1.21. The van der Waals surface area contributed by atoms with E-state index in [0.717, 1.165) is 0 Å². The number of aliphatic imine (C=N–C) groups is 1. The molecule has 9 heavy (non-hydrogen) atoms. The number of hydrogen-bond acceptors (Lipinski definition) is 1. The number of rotatable bonds is 0. The first-order chi connectivity index (χ1) is 4.47. The van der Waals surface area contributed by atoms with Crippen molar-refractivity contribution in [1.29, 1.82) is 0 Å². The Morgan fingerprint density at radius 2 is 2.44 bits per heavy atom. The molecule has 1 aliphatic heterocycles. The van der Waals surface area contributed by atoms with Crippen LogP contribution in [0.4, 0.5) is 0 Å². The fourth-order valence-corrected chi connectivity index (χ4v) is 1.30. The zero-order valence-electron chi connectivity index (χ0n) is 5.30. The van der Waals surface area contributed by atoms with E-state index in [1.54, 1.807) is 0 Å². The highest BCUT2D eigenvalue weighted by atomic mass is 14.8. The van der Waals surface area contributed by atoms with Crippen LogP contribution in [-0.4, -0.2) is 6.21 Å². The van der Waals surface area contributed by atoms with Crippen molar-refractivity contribution in [3.63, 3.8) is 0 Å². The van der Waals surface area contributed by atoms with E-state index in [1.807, 2.05) is 6.21 Å². The maximum Gasteiger partial charge on any atom is 0.0622 e. The van der Waals surface area contributed by atoms with Crippen LogP contribution >= 0.6 is 0 Å². The first-order valence-electron chi connectivity index (χ1n) is 3.40. The van der Waals surface area contributed by atoms with E-state index >= 15 is 0 Å². The van der Waals surface area contributed by atoms with Crippen molar-refractivity contribution in [2.45, 2.75) is 19.3 Å². The van der Waals surface area contributed by atoms with Crippen LogP contribution in [0.3, 0.4) is 0 Å². The lowest BCUT2D eigenvalue weighted by Crippen LogP contribution is -1.89. The minimum atomic E-state index is 1.21. The highest BCUT2D eigenvalue weighted by Gasteiger charge is 2.10. The first-order valence-corrected chi connectivity index (χ1v) is 3.40. The third-order valence-corrected chi connectivity index (χ3v) is 1.81. The Balaban J connectivity index is 2.38. The van der Waals surface area contributed by atoms with E-state index in [1.165, 1.54) is 30.5 Å². The number of allylic oxidation sites excluding steroid dienone is 3. The molecule has 0 fully saturated rings. The molecule has 1 nitrogen and oxygen atoms in total. The molecule has 1 aliphatic carbocycles. The summed E-state index contributed by atoms with van der Waals surface area (Å²) < 4.78 is 0. The first kappa shape index (κ1) is 4.98. The van der Waals surface area contributed by atoms with Crippen LogP contribution in [-0.2, 0) is 0 Å². The highest BCUT2D eigenvalue weighted by molar-refractivity contribution is 5.79. The number of hydrogen-bond donors (Lipinski definition) is 0. The van der Waals surface area contributed by atoms with E-state index in [4.69, 9.17) is 0 Å². The van der Waals surface area contributed by atoms with Crippen LogP contribution in [0.5, 0.6) is 0 Å². The molecule has 46 valence electrons. The van der Waals surface area contributed by atoms with E-state index in [0.29, 0.717) is 0 Å². The summed E-state index contributed by atoms with van der Waals surface area (Å²) in [5.74, 6) is 0. The molecule has 0 aromatic heterocycles. The molecule has 0 aromatic rings. The summed E-state index contributed by atoms with van der Waals surface area (Å²) in [6.07, 6.45) is 9.98. The monoisotopic (exact) mass is 119 g/mol. The lowest BCUT2D eigenvalue weighted by atomic mass is 10.0. The van der Waals surface area contributed by atoms with Gasteiger partial charge in [0.05, 0.1) is 5.70 Å². The summed E-state index contributed by atoms with van der Waals surface area (Å²) in [5.41, 5.74) is 2.66. The zero-order valence-corrected chi connectivity index (χ0v) is 5.30. The van der Waals surface area contributed by atoms with Crippen molar-refractivity contribution < 1.29 is 0 Å². The van der Waals surface area contributed by atoms with Gasteiger partial charge in [0.15, 0.2) is 0 Å². The SMILES string of the molecule is C1=NC2=CCCCC2=C1. The molecule has 0 aromatic carbocycles. The maximum absolute atomic E-state index is 4.20. The van der Waals surface area contributed by atoms with Crippen molar-refractivity contribution >= 4 is 6.21 Å². The summed E-state index contributed by atoms with van der Waals surface area (Å²) in [5, 5.41) is 0. The summed E-state index contributed by atoms with van der Waals surface area (Å²) in [7, 11) is 0. The second-order valence-electron chi connectivity index (χ2n) is 2.45. The summed E-state index contributed by atoms with van der Waals surface area (Å²) >= 11 is 0. The Kier molecular flexibility index (Phi) is 1.01. The van der Waals surface area contributed by atoms with Gasteiger partial charge in [-0.15, -0.1) is 0 Å². The Bertz CT molecular complexity index is 209. The van der Waals surface area contributed by atoms with Gasteiger partial charge in [-0.2, -0.15) is 0 Å². The summed E-state index contributed by atoms with van der Waals surface area (Å²) in [6, 6.07) is 0. The maximum atomic E-state index is 4.20. The molecule has 0 saturated carbocycles. The van der Waals surface area contributed by atoms with Crippen LogP contribution in [0.15, 0.2) is 28.4 Å². The van der Waals surface area contributed by atoms with Gasteiger partial charge in [-0.3, -0.25) is 4.99 Å². The fraction of sp³-hybridized carbons (Fsp3) is 0.375. The van der Waals surface area contributed by atoms with Crippen molar-refractivity contribution in [3.05, 3.63) is 23.4 Å². The van der Waals surface area contributed by atoms with Gasteiger partial charge < -0.3 is 0 Å². The van der Waals surface area contributed by atoms with Gasteiger partial charge in [-0.25, -0.2) is 0 Å². The predicted molar refractivity (Wildman–Crippen MR) is 38.5 cm³/mol. The highest BCUT2D eigenvalue weighted by Crippen LogP contribution is 2.26. The molecule has 0 radical (unpaired) electrons. The van der Waals surface area contributed by atoms with Gasteiger partial charge in [0.2, 0.25) is 0 Å². The summed E-state index contributed by atoms with van der Waals surface area (Å²) in [4.78, 5) is 4.20. The molecule has 0 spiro atoms. The van der Waals surface area contributed by atoms with Gasteiger partial charge in [-0.1, -0.05) is 6.08 Å². The normalized spacial score (nSPS) is 23.1. The zero-order chi connectivity index (χ0) is 6.10. The standard InChI is InChI=1S/C8H9N/c1-2-4-8-7(3-1)5-6-9-8/h4-6H,1-3H2. The van der Waals surface area contributed by atoms with Crippen molar-refractivity contribution in [2.75, 3.05) is 0 Å². The van der Waals surface area contributed by atoms with Crippen molar-refractivity contribution in [1.82, 2.24) is 0 Å². The van der Waals surface area contributed by atoms with E-state index in [-0.39, 0.29) is 0 Å². The Hall–Kier alpha value is -0.850. The minimum Gasteiger partial charge on any atom is -0.257 e. The second kappa shape index (κ2) is 1.83. The van der Waals surface area contributed by atoms with Gasteiger partial charge in [-0.05, 0) is 30.9 Å². The van der Waals surface area contributed by atoms with E-state index in [9.17, 15) is 0 Å². The average Bonchev–Trinajstić information content (AvgIpc) is 2.33. The largest absolute Gasteiger partial charge is 0.257 e. The Morgan fingerprint density at radius 3 is 3.33 bits per heavy atom. The van der Waals surface area contributed by atoms with Crippen LogP contribution in [0.25, 0.3) is 0 Å². The van der Waals surface area contributed by atoms with Gasteiger partial charge >= 0.3 is 0 Å². The Labute approximate surface area is 54.8 Å². The molecule has 1 heterocycles.